The molecule has 122 valence electrons. The van der Waals surface area contributed by atoms with Crippen molar-refractivity contribution in [2.24, 2.45) is 0 Å². The van der Waals surface area contributed by atoms with Gasteiger partial charge in [-0.3, -0.25) is 9.48 Å². The first-order chi connectivity index (χ1) is 11.2. The molecular formula is C16H19ClN4O2. The maximum atomic E-state index is 12.8. The molecule has 1 atom stereocenters. The highest BCUT2D eigenvalue weighted by Gasteiger charge is 2.27. The number of piperidine rings is 1. The summed E-state index contributed by atoms with van der Waals surface area (Å²) in [5.41, 5.74) is 0.249. The van der Waals surface area contributed by atoms with E-state index in [1.165, 1.54) is 0 Å². The standard InChI is InChI=1S/C16H19ClN4O2/c1-2-23-14-7-6-13(17)15(19-14)16(22)20-9-3-5-12(11-20)21-10-4-8-18-21/h4,6-8,10,12H,2-3,5,9,11H2,1H3. The van der Waals surface area contributed by atoms with E-state index in [4.69, 9.17) is 16.3 Å². The van der Waals surface area contributed by atoms with Crippen LogP contribution in [-0.4, -0.2) is 45.3 Å². The minimum atomic E-state index is -0.159. The zero-order valence-electron chi connectivity index (χ0n) is 13.0. The molecule has 2 aromatic rings. The maximum absolute atomic E-state index is 12.8. The van der Waals surface area contributed by atoms with Gasteiger partial charge in [-0.2, -0.15) is 5.10 Å². The Kier molecular flexibility index (Phi) is 4.81. The molecule has 0 radical (unpaired) electrons. The molecular weight excluding hydrogens is 316 g/mol. The zero-order valence-corrected chi connectivity index (χ0v) is 13.7. The van der Waals surface area contributed by atoms with E-state index in [-0.39, 0.29) is 17.6 Å². The summed E-state index contributed by atoms with van der Waals surface area (Å²) >= 11 is 6.16. The molecule has 1 fully saturated rings. The molecule has 0 spiro atoms. The number of aromatic nitrogens is 3. The fourth-order valence-corrected chi connectivity index (χ4v) is 2.99. The number of halogens is 1. The summed E-state index contributed by atoms with van der Waals surface area (Å²) in [5.74, 6) is 0.259. The van der Waals surface area contributed by atoms with Gasteiger partial charge in [-0.25, -0.2) is 4.98 Å². The highest BCUT2D eigenvalue weighted by Crippen LogP contribution is 2.25. The second-order valence-corrected chi connectivity index (χ2v) is 5.85. The van der Waals surface area contributed by atoms with Crippen LogP contribution in [0.4, 0.5) is 0 Å². The summed E-state index contributed by atoms with van der Waals surface area (Å²) < 4.78 is 7.27. The predicted molar refractivity (Wildman–Crippen MR) is 86.8 cm³/mol. The van der Waals surface area contributed by atoms with E-state index in [2.05, 4.69) is 10.1 Å². The molecule has 0 aliphatic carbocycles. The van der Waals surface area contributed by atoms with Gasteiger partial charge in [0.1, 0.15) is 0 Å². The monoisotopic (exact) mass is 334 g/mol. The van der Waals surface area contributed by atoms with Gasteiger partial charge in [0.25, 0.3) is 5.91 Å². The Bertz CT molecular complexity index is 675. The number of amides is 1. The Morgan fingerprint density at radius 1 is 1.48 bits per heavy atom. The minimum absolute atomic E-state index is 0.159. The third kappa shape index (κ3) is 3.47. The van der Waals surface area contributed by atoms with E-state index >= 15 is 0 Å². The number of pyridine rings is 1. The van der Waals surface area contributed by atoms with Crippen LogP contribution >= 0.6 is 11.6 Å². The normalized spacial score (nSPS) is 18.0. The van der Waals surface area contributed by atoms with Crippen molar-refractivity contribution in [1.29, 1.82) is 0 Å². The van der Waals surface area contributed by atoms with Gasteiger partial charge >= 0.3 is 0 Å². The molecule has 0 bridgehead atoms. The first-order valence-electron chi connectivity index (χ1n) is 7.76. The molecule has 1 aliphatic heterocycles. The van der Waals surface area contributed by atoms with Gasteiger partial charge in [0.15, 0.2) is 5.69 Å². The predicted octanol–water partition coefficient (Wildman–Crippen LogP) is 2.81. The number of nitrogens with zero attached hydrogens (tertiary/aromatic N) is 4. The van der Waals surface area contributed by atoms with Crippen molar-refractivity contribution >= 4 is 17.5 Å². The van der Waals surface area contributed by atoms with Crippen molar-refractivity contribution in [3.8, 4) is 5.88 Å². The number of hydrogen-bond donors (Lipinski definition) is 0. The molecule has 0 aromatic carbocycles. The Morgan fingerprint density at radius 3 is 3.09 bits per heavy atom. The number of hydrogen-bond acceptors (Lipinski definition) is 4. The number of rotatable bonds is 4. The second-order valence-electron chi connectivity index (χ2n) is 5.45. The lowest BCUT2D eigenvalue weighted by Crippen LogP contribution is -2.41. The van der Waals surface area contributed by atoms with Crippen molar-refractivity contribution < 1.29 is 9.53 Å². The van der Waals surface area contributed by atoms with E-state index in [1.54, 1.807) is 23.2 Å². The van der Waals surface area contributed by atoms with E-state index in [9.17, 15) is 4.79 Å². The maximum Gasteiger partial charge on any atom is 0.274 e. The van der Waals surface area contributed by atoms with Gasteiger partial charge in [0, 0.05) is 31.5 Å². The molecule has 3 heterocycles. The quantitative estimate of drug-likeness (QED) is 0.862. The fourth-order valence-electron chi connectivity index (χ4n) is 2.80. The number of carbonyl (C=O) groups is 1. The lowest BCUT2D eigenvalue weighted by atomic mass is 10.1. The molecule has 6 nitrogen and oxygen atoms in total. The second kappa shape index (κ2) is 7.00. The Balaban J connectivity index is 1.78. The summed E-state index contributed by atoms with van der Waals surface area (Å²) in [6, 6.07) is 5.41. The summed E-state index contributed by atoms with van der Waals surface area (Å²) in [7, 11) is 0. The molecule has 3 rings (SSSR count). The Labute approximate surface area is 140 Å². The van der Waals surface area contributed by atoms with Crippen molar-refractivity contribution in [2.45, 2.75) is 25.8 Å². The highest BCUT2D eigenvalue weighted by molar-refractivity contribution is 6.33. The van der Waals surface area contributed by atoms with Crippen LogP contribution in [-0.2, 0) is 0 Å². The first-order valence-corrected chi connectivity index (χ1v) is 8.14. The summed E-state index contributed by atoms with van der Waals surface area (Å²) in [6.45, 7) is 3.68. The van der Waals surface area contributed by atoms with Gasteiger partial charge in [-0.1, -0.05) is 11.6 Å². The van der Waals surface area contributed by atoms with Crippen LogP contribution in [0.25, 0.3) is 0 Å². The summed E-state index contributed by atoms with van der Waals surface area (Å²) in [5, 5.41) is 4.63. The van der Waals surface area contributed by atoms with E-state index in [0.29, 0.717) is 30.6 Å². The van der Waals surface area contributed by atoms with Crippen LogP contribution < -0.4 is 4.74 Å². The number of carbonyl (C=O) groups excluding carboxylic acids is 1. The van der Waals surface area contributed by atoms with Crippen LogP contribution in [0.5, 0.6) is 5.88 Å². The highest BCUT2D eigenvalue weighted by atomic mass is 35.5. The Morgan fingerprint density at radius 2 is 2.35 bits per heavy atom. The smallest absolute Gasteiger partial charge is 0.274 e. The van der Waals surface area contributed by atoms with Crippen molar-refractivity contribution in [3.05, 3.63) is 41.3 Å². The summed E-state index contributed by atoms with van der Waals surface area (Å²) in [6.07, 6.45) is 5.62. The molecule has 1 aliphatic rings. The Hall–Kier alpha value is -2.08. The lowest BCUT2D eigenvalue weighted by Gasteiger charge is -2.32. The van der Waals surface area contributed by atoms with Crippen molar-refractivity contribution in [1.82, 2.24) is 19.7 Å². The van der Waals surface area contributed by atoms with Crippen molar-refractivity contribution in [2.75, 3.05) is 19.7 Å². The molecule has 0 N–H and O–H groups in total. The van der Waals surface area contributed by atoms with Gasteiger partial charge < -0.3 is 9.64 Å². The van der Waals surface area contributed by atoms with Crippen LogP contribution in [0, 0.1) is 0 Å². The fraction of sp³-hybridized carbons (Fsp3) is 0.438. The largest absolute Gasteiger partial charge is 0.478 e. The third-order valence-corrected chi connectivity index (χ3v) is 4.20. The molecule has 7 heteroatoms. The van der Waals surface area contributed by atoms with Crippen LogP contribution in [0.15, 0.2) is 30.6 Å². The molecule has 1 saturated heterocycles. The molecule has 2 aromatic heterocycles. The van der Waals surface area contributed by atoms with Crippen LogP contribution in [0.2, 0.25) is 5.02 Å². The van der Waals surface area contributed by atoms with E-state index < -0.39 is 0 Å². The van der Waals surface area contributed by atoms with Gasteiger partial charge in [0.05, 0.1) is 17.7 Å². The third-order valence-electron chi connectivity index (χ3n) is 3.90. The lowest BCUT2D eigenvalue weighted by molar-refractivity contribution is 0.0666. The molecule has 0 saturated carbocycles. The SMILES string of the molecule is CCOc1ccc(Cl)c(C(=O)N2CCCC(n3cccn3)C2)n1. The van der Waals surface area contributed by atoms with Crippen LogP contribution in [0.3, 0.4) is 0 Å². The number of ether oxygens (including phenoxy) is 1. The summed E-state index contributed by atoms with van der Waals surface area (Å²) in [4.78, 5) is 18.8. The molecule has 1 unspecified atom stereocenters. The topological polar surface area (TPSA) is 60.2 Å². The van der Waals surface area contributed by atoms with Crippen LogP contribution in [0.1, 0.15) is 36.3 Å². The number of likely N-dealkylation sites (tertiary alicyclic amines) is 1. The van der Waals surface area contributed by atoms with Gasteiger partial charge in [-0.05, 0) is 31.9 Å². The zero-order chi connectivity index (χ0) is 16.2. The van der Waals surface area contributed by atoms with E-state index in [1.807, 2.05) is 23.9 Å². The minimum Gasteiger partial charge on any atom is -0.478 e. The molecule has 1 amide bonds. The average Bonchev–Trinajstić information content (AvgIpc) is 3.11. The van der Waals surface area contributed by atoms with E-state index in [0.717, 1.165) is 12.8 Å². The molecule has 23 heavy (non-hydrogen) atoms. The average molecular weight is 335 g/mol. The van der Waals surface area contributed by atoms with Crippen molar-refractivity contribution in [3.63, 3.8) is 0 Å². The van der Waals surface area contributed by atoms with Gasteiger partial charge in [0.2, 0.25) is 5.88 Å². The first kappa shape index (κ1) is 15.8. The van der Waals surface area contributed by atoms with Gasteiger partial charge in [-0.15, -0.1) is 0 Å².